The highest BCUT2D eigenvalue weighted by atomic mass is 79.9. The lowest BCUT2D eigenvalue weighted by Crippen LogP contribution is -2.29. The van der Waals surface area contributed by atoms with Gasteiger partial charge in [0.15, 0.2) is 0 Å². The SMILES string of the molecule is N[C@@H](c1cccc(Br)n1)C(F)(F)F. The van der Waals surface area contributed by atoms with E-state index in [4.69, 9.17) is 5.73 Å². The Labute approximate surface area is 81.1 Å². The molecule has 0 fully saturated rings. The molecule has 0 bridgehead atoms. The highest BCUT2D eigenvalue weighted by Gasteiger charge is 2.38. The summed E-state index contributed by atoms with van der Waals surface area (Å²) in [5.74, 6) is 0. The molecule has 1 rings (SSSR count). The Morgan fingerprint density at radius 2 is 2.00 bits per heavy atom. The fourth-order valence-electron chi connectivity index (χ4n) is 0.765. The fraction of sp³-hybridized carbons (Fsp3) is 0.286. The maximum Gasteiger partial charge on any atom is 0.409 e. The van der Waals surface area contributed by atoms with Crippen LogP contribution in [-0.4, -0.2) is 11.2 Å². The zero-order chi connectivity index (χ0) is 10.1. The zero-order valence-corrected chi connectivity index (χ0v) is 7.93. The van der Waals surface area contributed by atoms with Crippen molar-refractivity contribution in [2.45, 2.75) is 12.2 Å². The summed E-state index contributed by atoms with van der Waals surface area (Å²) >= 11 is 2.96. The van der Waals surface area contributed by atoms with Crippen LogP contribution in [0.5, 0.6) is 0 Å². The number of pyridine rings is 1. The number of nitrogens with two attached hydrogens (primary N) is 1. The van der Waals surface area contributed by atoms with E-state index in [2.05, 4.69) is 20.9 Å². The van der Waals surface area contributed by atoms with Crippen LogP contribution in [0.1, 0.15) is 11.7 Å². The van der Waals surface area contributed by atoms with Gasteiger partial charge in [-0.15, -0.1) is 0 Å². The van der Waals surface area contributed by atoms with Gasteiger partial charge in [-0.2, -0.15) is 13.2 Å². The van der Waals surface area contributed by atoms with Crippen molar-refractivity contribution < 1.29 is 13.2 Å². The predicted molar refractivity (Wildman–Crippen MR) is 44.9 cm³/mol. The molecule has 0 unspecified atom stereocenters. The van der Waals surface area contributed by atoms with E-state index in [1.54, 1.807) is 0 Å². The molecule has 0 saturated heterocycles. The molecule has 0 aliphatic carbocycles. The second-order valence-electron chi connectivity index (χ2n) is 2.40. The third-order valence-electron chi connectivity index (χ3n) is 1.41. The van der Waals surface area contributed by atoms with Crippen molar-refractivity contribution in [2.75, 3.05) is 0 Å². The van der Waals surface area contributed by atoms with Crippen molar-refractivity contribution in [2.24, 2.45) is 5.73 Å². The van der Waals surface area contributed by atoms with E-state index in [1.165, 1.54) is 18.2 Å². The van der Waals surface area contributed by atoms with E-state index < -0.39 is 12.2 Å². The van der Waals surface area contributed by atoms with Crippen LogP contribution in [0.3, 0.4) is 0 Å². The summed E-state index contributed by atoms with van der Waals surface area (Å²) in [6.45, 7) is 0. The second-order valence-corrected chi connectivity index (χ2v) is 3.22. The lowest BCUT2D eigenvalue weighted by atomic mass is 10.2. The van der Waals surface area contributed by atoms with Crippen molar-refractivity contribution in [3.63, 3.8) is 0 Å². The predicted octanol–water partition coefficient (Wildman–Crippen LogP) is 2.41. The van der Waals surface area contributed by atoms with Gasteiger partial charge >= 0.3 is 6.18 Å². The van der Waals surface area contributed by atoms with Crippen molar-refractivity contribution >= 4 is 15.9 Å². The minimum absolute atomic E-state index is 0.193. The van der Waals surface area contributed by atoms with Gasteiger partial charge < -0.3 is 5.73 Å². The number of alkyl halides is 3. The van der Waals surface area contributed by atoms with E-state index in [1.807, 2.05) is 0 Å². The molecule has 2 N–H and O–H groups in total. The monoisotopic (exact) mass is 254 g/mol. The van der Waals surface area contributed by atoms with Crippen LogP contribution in [-0.2, 0) is 0 Å². The largest absolute Gasteiger partial charge is 0.409 e. The number of hydrogen-bond acceptors (Lipinski definition) is 2. The van der Waals surface area contributed by atoms with Crippen LogP contribution in [0, 0.1) is 0 Å². The maximum absolute atomic E-state index is 12.1. The Balaban J connectivity index is 2.96. The highest BCUT2D eigenvalue weighted by molar-refractivity contribution is 9.10. The molecule has 0 aliphatic heterocycles. The molecule has 1 heterocycles. The molecular formula is C7H6BrF3N2. The van der Waals surface area contributed by atoms with Crippen LogP contribution in [0.4, 0.5) is 13.2 Å². The van der Waals surface area contributed by atoms with Gasteiger partial charge in [-0.3, -0.25) is 0 Å². The van der Waals surface area contributed by atoms with Crippen molar-refractivity contribution in [3.05, 3.63) is 28.5 Å². The minimum Gasteiger partial charge on any atom is -0.315 e. The van der Waals surface area contributed by atoms with Crippen LogP contribution < -0.4 is 5.73 Å². The van der Waals surface area contributed by atoms with Gasteiger partial charge in [0.05, 0.1) is 5.69 Å². The summed E-state index contributed by atoms with van der Waals surface area (Å²) in [6.07, 6.45) is -4.45. The Morgan fingerprint density at radius 1 is 1.38 bits per heavy atom. The van der Waals surface area contributed by atoms with Gasteiger partial charge in [0.25, 0.3) is 0 Å². The lowest BCUT2D eigenvalue weighted by molar-refractivity contribution is -0.150. The van der Waals surface area contributed by atoms with Crippen LogP contribution in [0.15, 0.2) is 22.8 Å². The first-order valence-electron chi connectivity index (χ1n) is 3.36. The molecule has 2 nitrogen and oxygen atoms in total. The van der Waals surface area contributed by atoms with Gasteiger partial charge in [0.1, 0.15) is 10.6 Å². The molecule has 1 aromatic rings. The number of rotatable bonds is 1. The first kappa shape index (κ1) is 10.5. The van der Waals surface area contributed by atoms with Gasteiger partial charge in [0.2, 0.25) is 0 Å². The van der Waals surface area contributed by atoms with Crippen molar-refractivity contribution in [1.82, 2.24) is 4.98 Å². The van der Waals surface area contributed by atoms with Crippen LogP contribution >= 0.6 is 15.9 Å². The summed E-state index contributed by atoms with van der Waals surface area (Å²) < 4.78 is 36.6. The van der Waals surface area contributed by atoms with Gasteiger partial charge in [-0.05, 0) is 28.1 Å². The Bertz CT molecular complexity index is 300. The molecule has 0 spiro atoms. The van der Waals surface area contributed by atoms with Gasteiger partial charge in [-0.25, -0.2) is 4.98 Å². The normalized spacial score (nSPS) is 14.2. The molecule has 0 saturated carbocycles. The number of hydrogen-bond donors (Lipinski definition) is 1. The average Bonchev–Trinajstić information content (AvgIpc) is 2.01. The topological polar surface area (TPSA) is 38.9 Å². The summed E-state index contributed by atoms with van der Waals surface area (Å²) in [5, 5.41) is 0. The van der Waals surface area contributed by atoms with E-state index >= 15 is 0 Å². The molecule has 0 aliphatic rings. The quantitative estimate of drug-likeness (QED) is 0.782. The highest BCUT2D eigenvalue weighted by Crippen LogP contribution is 2.29. The number of aromatic nitrogens is 1. The van der Waals surface area contributed by atoms with E-state index in [9.17, 15) is 13.2 Å². The van der Waals surface area contributed by atoms with Crippen molar-refractivity contribution in [3.8, 4) is 0 Å². The molecule has 0 radical (unpaired) electrons. The third kappa shape index (κ3) is 2.67. The molecular weight excluding hydrogens is 249 g/mol. The zero-order valence-electron chi connectivity index (χ0n) is 6.35. The number of nitrogens with zero attached hydrogens (tertiary/aromatic N) is 1. The van der Waals surface area contributed by atoms with Crippen molar-refractivity contribution in [1.29, 1.82) is 0 Å². The van der Waals surface area contributed by atoms with E-state index in [-0.39, 0.29) is 5.69 Å². The molecule has 72 valence electrons. The first-order chi connectivity index (χ1) is 5.91. The molecule has 1 aromatic heterocycles. The second kappa shape index (κ2) is 3.63. The summed E-state index contributed by atoms with van der Waals surface area (Å²) in [7, 11) is 0. The Morgan fingerprint density at radius 3 is 2.46 bits per heavy atom. The standard InChI is InChI=1S/C7H6BrF3N2/c8-5-3-1-2-4(13-5)6(12)7(9,10)11/h1-3,6H,12H2/t6-/m0/s1. The summed E-state index contributed by atoms with van der Waals surface area (Å²) in [4.78, 5) is 3.61. The smallest absolute Gasteiger partial charge is 0.315 e. The Kier molecular flexibility index (Phi) is 2.92. The van der Waals surface area contributed by atoms with E-state index in [0.29, 0.717) is 4.60 Å². The summed E-state index contributed by atoms with van der Waals surface area (Å²) in [5.41, 5.74) is 4.74. The molecule has 0 aromatic carbocycles. The minimum atomic E-state index is -4.45. The Hall–Kier alpha value is -0.620. The van der Waals surface area contributed by atoms with Gasteiger partial charge in [0, 0.05) is 0 Å². The molecule has 1 atom stereocenters. The van der Waals surface area contributed by atoms with Gasteiger partial charge in [-0.1, -0.05) is 6.07 Å². The van der Waals surface area contributed by atoms with Crippen LogP contribution in [0.2, 0.25) is 0 Å². The lowest BCUT2D eigenvalue weighted by Gasteiger charge is -2.14. The van der Waals surface area contributed by atoms with Crippen LogP contribution in [0.25, 0.3) is 0 Å². The number of halogens is 4. The maximum atomic E-state index is 12.1. The molecule has 0 amide bonds. The first-order valence-corrected chi connectivity index (χ1v) is 4.15. The fourth-order valence-corrected chi connectivity index (χ4v) is 1.12. The average molecular weight is 255 g/mol. The molecule has 6 heteroatoms. The molecule has 13 heavy (non-hydrogen) atoms. The van der Waals surface area contributed by atoms with E-state index in [0.717, 1.165) is 0 Å². The summed E-state index contributed by atoms with van der Waals surface area (Å²) in [6, 6.07) is 2.21. The third-order valence-corrected chi connectivity index (χ3v) is 1.85.